The Bertz CT molecular complexity index is 717. The summed E-state index contributed by atoms with van der Waals surface area (Å²) in [6, 6.07) is 6.23. The maximum atomic E-state index is 12.1. The average molecular weight is 321 g/mol. The lowest BCUT2D eigenvalue weighted by atomic mass is 9.81. The summed E-state index contributed by atoms with van der Waals surface area (Å²) < 4.78 is 4.90. The molecule has 6 heteroatoms. The molecule has 0 bridgehead atoms. The van der Waals surface area contributed by atoms with Crippen LogP contribution < -0.4 is 0 Å². The van der Waals surface area contributed by atoms with Crippen molar-refractivity contribution in [1.29, 1.82) is 0 Å². The Morgan fingerprint density at radius 1 is 1.14 bits per heavy atom. The number of esters is 1. The molecule has 0 aliphatic heterocycles. The summed E-state index contributed by atoms with van der Waals surface area (Å²) in [5, 5.41) is -0.406. The highest BCUT2D eigenvalue weighted by Crippen LogP contribution is 2.37. The fraction of sp³-hybridized carbons (Fsp3) is 0.250. The van der Waals surface area contributed by atoms with Gasteiger partial charge in [0.05, 0.1) is 11.6 Å². The molecule has 1 aromatic rings. The third-order valence-corrected chi connectivity index (χ3v) is 3.70. The molecule has 1 atom stereocenters. The third-order valence-electron chi connectivity index (χ3n) is 3.32. The molecule has 2 rings (SSSR count). The molecule has 1 aliphatic carbocycles. The van der Waals surface area contributed by atoms with Gasteiger partial charge in [-0.05, 0) is 19.4 Å². The van der Waals surface area contributed by atoms with Gasteiger partial charge >= 0.3 is 5.97 Å². The monoisotopic (exact) mass is 320 g/mol. The van der Waals surface area contributed by atoms with E-state index in [-0.39, 0.29) is 17.7 Å². The summed E-state index contributed by atoms with van der Waals surface area (Å²) in [5.74, 6) is -4.31. The summed E-state index contributed by atoms with van der Waals surface area (Å²) >= 11 is 5.99. The number of hydrogen-bond acceptors (Lipinski definition) is 5. The molecule has 0 fully saturated rings. The van der Waals surface area contributed by atoms with Crippen LogP contribution in [0, 0.1) is 5.92 Å². The van der Waals surface area contributed by atoms with Crippen molar-refractivity contribution < 1.29 is 23.9 Å². The lowest BCUT2D eigenvalue weighted by Gasteiger charge is -2.23. The Hall–Kier alpha value is -2.27. The maximum absolute atomic E-state index is 12.1. The first-order chi connectivity index (χ1) is 10.4. The number of ether oxygens (including phenoxy) is 1. The van der Waals surface area contributed by atoms with Crippen molar-refractivity contribution >= 4 is 40.5 Å². The highest BCUT2D eigenvalue weighted by Gasteiger charge is 2.40. The number of hydrogen-bond donors (Lipinski definition) is 0. The van der Waals surface area contributed by atoms with Gasteiger partial charge in [0, 0.05) is 11.1 Å². The van der Waals surface area contributed by atoms with E-state index >= 15 is 0 Å². The molecule has 0 radical (unpaired) electrons. The molecule has 5 nitrogen and oxygen atoms in total. The fourth-order valence-corrected chi connectivity index (χ4v) is 2.67. The van der Waals surface area contributed by atoms with E-state index in [9.17, 15) is 19.2 Å². The van der Waals surface area contributed by atoms with Gasteiger partial charge in [0.2, 0.25) is 11.6 Å². The number of ketones is 3. The standard InChI is InChI=1S/C16H13ClO5/c1-3-22-16(21)11(8(2)18)12-9-6-4-5-7-10(9)14(19)15(20)13(12)17/h4-7,11H,3H2,1-2H3/t11-/m1/s1. The van der Waals surface area contributed by atoms with Crippen LogP contribution in [0.3, 0.4) is 0 Å². The van der Waals surface area contributed by atoms with Gasteiger partial charge in [0.1, 0.15) is 11.7 Å². The highest BCUT2D eigenvalue weighted by atomic mass is 35.5. The summed E-state index contributed by atoms with van der Waals surface area (Å²) in [5.41, 5.74) is 0.473. The van der Waals surface area contributed by atoms with E-state index in [2.05, 4.69) is 0 Å². The molecular formula is C16H13ClO5. The second-order valence-electron chi connectivity index (χ2n) is 4.73. The van der Waals surface area contributed by atoms with Crippen LogP contribution in [-0.4, -0.2) is 29.9 Å². The summed E-state index contributed by atoms with van der Waals surface area (Å²) in [6.45, 7) is 2.90. The zero-order chi connectivity index (χ0) is 16.4. The van der Waals surface area contributed by atoms with Gasteiger partial charge < -0.3 is 4.74 Å². The number of Topliss-reactive ketones (excluding diaryl/α,β-unsaturated/α-hetero) is 3. The minimum Gasteiger partial charge on any atom is -0.465 e. The second kappa shape index (κ2) is 6.23. The van der Waals surface area contributed by atoms with E-state index in [1.807, 2.05) is 0 Å². The zero-order valence-electron chi connectivity index (χ0n) is 12.0. The Morgan fingerprint density at radius 3 is 2.27 bits per heavy atom. The maximum Gasteiger partial charge on any atom is 0.321 e. The van der Waals surface area contributed by atoms with E-state index in [1.54, 1.807) is 25.1 Å². The topological polar surface area (TPSA) is 77.5 Å². The van der Waals surface area contributed by atoms with E-state index < -0.39 is 34.3 Å². The Balaban J connectivity index is 2.69. The minimum atomic E-state index is -1.33. The van der Waals surface area contributed by atoms with Crippen LogP contribution in [0.25, 0.3) is 5.57 Å². The van der Waals surface area contributed by atoms with Crippen LogP contribution in [0.15, 0.2) is 29.3 Å². The molecule has 1 aliphatic rings. The summed E-state index contributed by atoms with van der Waals surface area (Å²) in [4.78, 5) is 48.0. The van der Waals surface area contributed by atoms with E-state index in [0.717, 1.165) is 0 Å². The van der Waals surface area contributed by atoms with Crippen molar-refractivity contribution in [3.05, 3.63) is 40.4 Å². The summed E-state index contributed by atoms with van der Waals surface area (Å²) in [7, 11) is 0. The van der Waals surface area contributed by atoms with E-state index in [1.165, 1.54) is 13.0 Å². The Morgan fingerprint density at radius 2 is 1.73 bits per heavy atom. The highest BCUT2D eigenvalue weighted by molar-refractivity contribution is 6.64. The van der Waals surface area contributed by atoms with Crippen molar-refractivity contribution in [1.82, 2.24) is 0 Å². The first-order valence-corrected chi connectivity index (χ1v) is 7.03. The van der Waals surface area contributed by atoms with E-state index in [4.69, 9.17) is 16.3 Å². The molecule has 0 saturated carbocycles. The first-order valence-electron chi connectivity index (χ1n) is 6.65. The van der Waals surface area contributed by atoms with Crippen molar-refractivity contribution in [2.24, 2.45) is 5.92 Å². The van der Waals surface area contributed by atoms with Crippen LogP contribution in [0.4, 0.5) is 0 Å². The average Bonchev–Trinajstić information content (AvgIpc) is 2.49. The second-order valence-corrected chi connectivity index (χ2v) is 5.11. The Kier molecular flexibility index (Phi) is 4.56. The lowest BCUT2D eigenvalue weighted by Crippen LogP contribution is -2.31. The first kappa shape index (κ1) is 16.1. The SMILES string of the molecule is CCOC(=O)[C@H](C(C)=O)C1=C(Cl)C(=O)C(=O)c2ccccc21. The van der Waals surface area contributed by atoms with Crippen LogP contribution in [0.1, 0.15) is 29.8 Å². The number of carbonyl (C=O) groups excluding carboxylic acids is 4. The molecular weight excluding hydrogens is 308 g/mol. The van der Waals surface area contributed by atoms with Crippen LogP contribution in [0.2, 0.25) is 0 Å². The molecule has 114 valence electrons. The molecule has 0 spiro atoms. The van der Waals surface area contributed by atoms with Crippen molar-refractivity contribution in [3.63, 3.8) is 0 Å². The molecule has 1 aromatic carbocycles. The number of halogens is 1. The molecule has 0 aromatic heterocycles. The predicted molar refractivity (Wildman–Crippen MR) is 79.4 cm³/mol. The van der Waals surface area contributed by atoms with Gasteiger partial charge in [0.15, 0.2) is 0 Å². The number of rotatable bonds is 4. The molecule has 0 amide bonds. The summed E-state index contributed by atoms with van der Waals surface area (Å²) in [6.07, 6.45) is 0. The molecule has 0 unspecified atom stereocenters. The minimum absolute atomic E-state index is 0.0350. The van der Waals surface area contributed by atoms with Gasteiger partial charge in [-0.2, -0.15) is 0 Å². The van der Waals surface area contributed by atoms with Gasteiger partial charge in [-0.25, -0.2) is 0 Å². The largest absolute Gasteiger partial charge is 0.465 e. The molecule has 0 N–H and O–H groups in total. The third kappa shape index (κ3) is 2.60. The number of carbonyl (C=O) groups is 4. The Labute approximate surface area is 131 Å². The number of allylic oxidation sites excluding steroid dienone is 1. The fourth-order valence-electron chi connectivity index (χ4n) is 2.37. The number of fused-ring (bicyclic) bond motifs is 1. The van der Waals surface area contributed by atoms with Gasteiger partial charge in [0.25, 0.3) is 0 Å². The molecule has 0 saturated heterocycles. The number of benzene rings is 1. The smallest absolute Gasteiger partial charge is 0.321 e. The quantitative estimate of drug-likeness (QED) is 0.482. The molecule has 22 heavy (non-hydrogen) atoms. The van der Waals surface area contributed by atoms with Crippen LogP contribution >= 0.6 is 11.6 Å². The lowest BCUT2D eigenvalue weighted by molar-refractivity contribution is -0.148. The van der Waals surface area contributed by atoms with Crippen molar-refractivity contribution in [2.45, 2.75) is 13.8 Å². The van der Waals surface area contributed by atoms with Crippen LogP contribution in [-0.2, 0) is 19.1 Å². The van der Waals surface area contributed by atoms with E-state index in [0.29, 0.717) is 5.56 Å². The zero-order valence-corrected chi connectivity index (χ0v) is 12.8. The van der Waals surface area contributed by atoms with Gasteiger partial charge in [-0.15, -0.1) is 0 Å². The van der Waals surface area contributed by atoms with Crippen LogP contribution in [0.5, 0.6) is 0 Å². The van der Waals surface area contributed by atoms with Crippen molar-refractivity contribution in [2.75, 3.05) is 6.61 Å². The van der Waals surface area contributed by atoms with Crippen molar-refractivity contribution in [3.8, 4) is 0 Å². The van der Waals surface area contributed by atoms with Gasteiger partial charge in [-0.3, -0.25) is 19.2 Å². The molecule has 0 heterocycles. The predicted octanol–water partition coefficient (Wildman–Crippen LogP) is 2.17. The van der Waals surface area contributed by atoms with Gasteiger partial charge in [-0.1, -0.05) is 35.9 Å². The normalized spacial score (nSPS) is 15.4.